The van der Waals surface area contributed by atoms with Gasteiger partial charge in [-0.3, -0.25) is 4.79 Å². The Kier molecular flexibility index (Phi) is 8.05. The van der Waals surface area contributed by atoms with Crippen LogP contribution in [0, 0.1) is 0 Å². The van der Waals surface area contributed by atoms with Gasteiger partial charge in [0, 0.05) is 39.3 Å². The lowest BCUT2D eigenvalue weighted by Gasteiger charge is -2.34. The predicted molar refractivity (Wildman–Crippen MR) is 90.2 cm³/mol. The van der Waals surface area contributed by atoms with Gasteiger partial charge < -0.3 is 25.1 Å². The number of hydrogen-bond donors (Lipinski definition) is 2. The number of amides is 3. The number of nitrogens with one attached hydrogen (secondary N) is 1. The Balaban J connectivity index is 2.51. The zero-order valence-electron chi connectivity index (χ0n) is 14.5. The summed E-state index contributed by atoms with van der Waals surface area (Å²) in [5.74, 6) is -0.0599. The van der Waals surface area contributed by atoms with Crippen LogP contribution in [0.4, 0.5) is 4.79 Å². The molecule has 0 spiro atoms. The number of urea groups is 1. The van der Waals surface area contributed by atoms with Gasteiger partial charge in [0.05, 0.1) is 6.61 Å². The van der Waals surface area contributed by atoms with E-state index in [1.807, 2.05) is 14.0 Å². The van der Waals surface area contributed by atoms with E-state index in [1.54, 1.807) is 11.8 Å². The summed E-state index contributed by atoms with van der Waals surface area (Å²) < 4.78 is 0. The highest BCUT2D eigenvalue weighted by Gasteiger charge is 2.26. The second-order valence-corrected chi connectivity index (χ2v) is 6.22. The molecule has 0 aromatic heterocycles. The lowest BCUT2D eigenvalue weighted by Crippen LogP contribution is -2.55. The molecule has 23 heavy (non-hydrogen) atoms. The molecular weight excluding hydrogens is 296 g/mol. The van der Waals surface area contributed by atoms with Crippen molar-refractivity contribution >= 4 is 11.9 Å². The Labute approximate surface area is 138 Å². The summed E-state index contributed by atoms with van der Waals surface area (Å²) in [5, 5.41) is 11.8. The minimum atomic E-state index is -0.572. The van der Waals surface area contributed by atoms with Crippen molar-refractivity contribution in [1.29, 1.82) is 0 Å². The average Bonchev–Trinajstić information content (AvgIpc) is 2.51. The molecule has 1 fully saturated rings. The molecular formula is C16H30N4O3. The molecule has 7 heteroatoms. The maximum Gasteiger partial charge on any atom is 0.318 e. The molecule has 1 aliphatic rings. The fraction of sp³-hybridized carbons (Fsp3) is 0.750. The van der Waals surface area contributed by atoms with Crippen molar-refractivity contribution in [2.75, 3.05) is 52.9 Å². The highest BCUT2D eigenvalue weighted by atomic mass is 16.3. The molecule has 7 nitrogen and oxygen atoms in total. The number of aliphatic hydroxyl groups excluding tert-OH is 1. The van der Waals surface area contributed by atoms with Crippen molar-refractivity contribution in [2.24, 2.45) is 0 Å². The summed E-state index contributed by atoms with van der Waals surface area (Å²) in [5.41, 5.74) is 0.974. The zero-order valence-corrected chi connectivity index (χ0v) is 14.5. The number of aliphatic hydroxyl groups is 1. The van der Waals surface area contributed by atoms with Gasteiger partial charge in [-0.05, 0) is 27.3 Å². The Morgan fingerprint density at radius 1 is 1.26 bits per heavy atom. The molecule has 0 aliphatic carbocycles. The number of hydrogen-bond acceptors (Lipinski definition) is 4. The highest BCUT2D eigenvalue weighted by Crippen LogP contribution is 2.04. The zero-order chi connectivity index (χ0) is 17.4. The number of rotatable bonds is 7. The molecule has 3 amide bonds. The highest BCUT2D eigenvalue weighted by molar-refractivity contribution is 5.86. The molecule has 1 heterocycles. The summed E-state index contributed by atoms with van der Waals surface area (Å²) in [6, 6.07) is -0.896. The maximum atomic E-state index is 12.4. The molecule has 1 atom stereocenters. The normalized spacial score (nSPS) is 16.8. The molecule has 0 aromatic rings. The van der Waals surface area contributed by atoms with Crippen LogP contribution >= 0.6 is 0 Å². The van der Waals surface area contributed by atoms with Crippen molar-refractivity contribution < 1.29 is 14.7 Å². The van der Waals surface area contributed by atoms with E-state index < -0.39 is 6.04 Å². The van der Waals surface area contributed by atoms with Crippen molar-refractivity contribution in [3.05, 3.63) is 12.2 Å². The second kappa shape index (κ2) is 9.52. The van der Waals surface area contributed by atoms with Gasteiger partial charge in [-0.15, -0.1) is 6.58 Å². The van der Waals surface area contributed by atoms with E-state index in [-0.39, 0.29) is 25.1 Å². The molecule has 1 saturated heterocycles. The van der Waals surface area contributed by atoms with Gasteiger partial charge in [-0.1, -0.05) is 5.57 Å². The molecule has 1 unspecified atom stereocenters. The summed E-state index contributed by atoms with van der Waals surface area (Å²) in [7, 11) is 2.03. The first kappa shape index (κ1) is 19.4. The van der Waals surface area contributed by atoms with Gasteiger partial charge in [0.2, 0.25) is 5.91 Å². The monoisotopic (exact) mass is 326 g/mol. The van der Waals surface area contributed by atoms with Gasteiger partial charge in [-0.2, -0.15) is 0 Å². The van der Waals surface area contributed by atoms with Crippen LogP contribution in [0.5, 0.6) is 0 Å². The van der Waals surface area contributed by atoms with E-state index in [1.165, 1.54) is 4.90 Å². The van der Waals surface area contributed by atoms with Gasteiger partial charge in [0.1, 0.15) is 6.04 Å². The lowest BCUT2D eigenvalue weighted by atomic mass is 10.2. The van der Waals surface area contributed by atoms with Gasteiger partial charge in [0.25, 0.3) is 0 Å². The number of nitrogens with zero attached hydrogens (tertiary/aromatic N) is 3. The minimum absolute atomic E-state index is 0.0599. The maximum absolute atomic E-state index is 12.4. The molecule has 2 N–H and O–H groups in total. The van der Waals surface area contributed by atoms with Crippen molar-refractivity contribution in [3.8, 4) is 0 Å². The summed E-state index contributed by atoms with van der Waals surface area (Å²) in [6.07, 6.45) is 0.675. The Bertz CT molecular complexity index is 420. The Morgan fingerprint density at radius 3 is 2.39 bits per heavy atom. The quantitative estimate of drug-likeness (QED) is 0.652. The van der Waals surface area contributed by atoms with Gasteiger partial charge >= 0.3 is 6.03 Å². The number of piperazine rings is 1. The van der Waals surface area contributed by atoms with Crippen molar-refractivity contribution in [3.63, 3.8) is 0 Å². The third-order valence-electron chi connectivity index (χ3n) is 3.99. The first-order valence-electron chi connectivity index (χ1n) is 8.13. The topological polar surface area (TPSA) is 76.1 Å². The average molecular weight is 326 g/mol. The summed E-state index contributed by atoms with van der Waals surface area (Å²) >= 11 is 0. The molecule has 1 aliphatic heterocycles. The van der Waals surface area contributed by atoms with E-state index >= 15 is 0 Å². The van der Waals surface area contributed by atoms with Crippen LogP contribution in [0.3, 0.4) is 0 Å². The fourth-order valence-electron chi connectivity index (χ4n) is 2.40. The summed E-state index contributed by atoms with van der Waals surface area (Å²) in [6.45, 7) is 11.1. The Morgan fingerprint density at radius 2 is 1.87 bits per heavy atom. The van der Waals surface area contributed by atoms with Gasteiger partial charge in [0.15, 0.2) is 0 Å². The van der Waals surface area contributed by atoms with Crippen LogP contribution in [0.1, 0.15) is 20.3 Å². The third kappa shape index (κ3) is 6.58. The van der Waals surface area contributed by atoms with Crippen LogP contribution < -0.4 is 5.32 Å². The SMILES string of the molecule is C=C(C)CCN(CCO)C(=O)NC(C)C(=O)N1CCN(C)CC1. The Hall–Kier alpha value is -1.60. The van der Waals surface area contributed by atoms with E-state index in [0.717, 1.165) is 18.7 Å². The van der Waals surface area contributed by atoms with E-state index in [4.69, 9.17) is 5.11 Å². The van der Waals surface area contributed by atoms with Crippen LogP contribution in [0.2, 0.25) is 0 Å². The van der Waals surface area contributed by atoms with Gasteiger partial charge in [-0.25, -0.2) is 4.79 Å². The first-order valence-corrected chi connectivity index (χ1v) is 8.13. The second-order valence-electron chi connectivity index (χ2n) is 6.22. The van der Waals surface area contributed by atoms with Crippen LogP contribution in [-0.2, 0) is 4.79 Å². The summed E-state index contributed by atoms with van der Waals surface area (Å²) in [4.78, 5) is 30.2. The first-order chi connectivity index (χ1) is 10.8. The number of likely N-dealkylation sites (N-methyl/N-ethyl adjacent to an activating group) is 1. The third-order valence-corrected chi connectivity index (χ3v) is 3.99. The molecule has 1 rings (SSSR count). The van der Waals surface area contributed by atoms with Crippen LogP contribution in [-0.4, -0.2) is 90.7 Å². The molecule has 132 valence electrons. The number of carbonyl (C=O) groups excluding carboxylic acids is 2. The fourth-order valence-corrected chi connectivity index (χ4v) is 2.40. The largest absolute Gasteiger partial charge is 0.395 e. The van der Waals surface area contributed by atoms with E-state index in [0.29, 0.717) is 26.1 Å². The van der Waals surface area contributed by atoms with Crippen LogP contribution in [0.25, 0.3) is 0 Å². The van der Waals surface area contributed by atoms with E-state index in [2.05, 4.69) is 16.8 Å². The lowest BCUT2D eigenvalue weighted by molar-refractivity contribution is -0.134. The predicted octanol–water partition coefficient (Wildman–Crippen LogP) is 0.119. The molecule has 0 aromatic carbocycles. The van der Waals surface area contributed by atoms with Crippen LogP contribution in [0.15, 0.2) is 12.2 Å². The minimum Gasteiger partial charge on any atom is -0.395 e. The van der Waals surface area contributed by atoms with E-state index in [9.17, 15) is 9.59 Å². The number of carbonyl (C=O) groups is 2. The van der Waals surface area contributed by atoms with Crippen molar-refractivity contribution in [2.45, 2.75) is 26.3 Å². The van der Waals surface area contributed by atoms with Crippen molar-refractivity contribution in [1.82, 2.24) is 20.0 Å². The molecule has 0 bridgehead atoms. The molecule has 0 radical (unpaired) electrons. The molecule has 0 saturated carbocycles. The smallest absolute Gasteiger partial charge is 0.318 e. The standard InChI is InChI=1S/C16H30N4O3/c1-13(2)5-6-20(11-12-21)16(23)17-14(3)15(22)19-9-7-18(4)8-10-19/h14,21H,1,5-12H2,2-4H3,(H,17,23).